The van der Waals surface area contributed by atoms with Crippen LogP contribution in [0, 0.1) is 0 Å². The predicted octanol–water partition coefficient (Wildman–Crippen LogP) is 3.14. The molecule has 1 heterocycles. The summed E-state index contributed by atoms with van der Waals surface area (Å²) in [5.74, 6) is 0.583. The molecule has 0 saturated carbocycles. The topological polar surface area (TPSA) is 35.5 Å². The van der Waals surface area contributed by atoms with E-state index in [0.29, 0.717) is 6.61 Å². The van der Waals surface area contributed by atoms with Crippen LogP contribution in [0.2, 0.25) is 0 Å². The molecule has 19 heavy (non-hydrogen) atoms. The summed E-state index contributed by atoms with van der Waals surface area (Å²) in [6, 6.07) is 5.87. The minimum atomic E-state index is -0.318. The van der Waals surface area contributed by atoms with Crippen LogP contribution in [0.15, 0.2) is 36.9 Å². The number of ether oxygens (including phenoxy) is 2. The smallest absolute Gasteiger partial charge is 0.330 e. The summed E-state index contributed by atoms with van der Waals surface area (Å²) in [5.41, 5.74) is 2.16. The lowest BCUT2D eigenvalue weighted by molar-refractivity contribution is -0.137. The zero-order valence-electron chi connectivity index (χ0n) is 11.1. The number of hydrogen-bond acceptors (Lipinski definition) is 3. The minimum absolute atomic E-state index is 0.157. The third kappa shape index (κ3) is 3.25. The van der Waals surface area contributed by atoms with Gasteiger partial charge in [0, 0.05) is 24.5 Å². The second-order valence-electron chi connectivity index (χ2n) is 4.38. The van der Waals surface area contributed by atoms with E-state index in [1.807, 2.05) is 24.3 Å². The highest BCUT2D eigenvalue weighted by Gasteiger charge is 2.23. The van der Waals surface area contributed by atoms with Crippen molar-refractivity contribution in [3.8, 4) is 5.75 Å². The van der Waals surface area contributed by atoms with E-state index in [0.717, 1.165) is 29.7 Å². The van der Waals surface area contributed by atoms with Gasteiger partial charge in [-0.15, -0.1) is 6.58 Å². The van der Waals surface area contributed by atoms with Crippen molar-refractivity contribution in [2.45, 2.75) is 25.9 Å². The fraction of sp³-hybridized carbons (Fsp3) is 0.312. The average molecular weight is 258 g/mol. The molecule has 1 atom stereocenters. The molecule has 0 radical (unpaired) electrons. The van der Waals surface area contributed by atoms with Crippen molar-refractivity contribution in [2.24, 2.45) is 0 Å². The number of rotatable bonds is 5. The molecule has 1 aromatic carbocycles. The van der Waals surface area contributed by atoms with Gasteiger partial charge in [-0.2, -0.15) is 0 Å². The Morgan fingerprint density at radius 2 is 2.42 bits per heavy atom. The van der Waals surface area contributed by atoms with E-state index in [-0.39, 0.29) is 12.1 Å². The maximum Gasteiger partial charge on any atom is 0.330 e. The van der Waals surface area contributed by atoms with Crippen LogP contribution in [0.25, 0.3) is 6.08 Å². The number of hydrogen-bond donors (Lipinski definition) is 0. The molecule has 100 valence electrons. The summed E-state index contributed by atoms with van der Waals surface area (Å²) in [6.45, 7) is 5.92. The molecule has 0 spiro atoms. The molecule has 0 amide bonds. The molecular formula is C16H18O3. The van der Waals surface area contributed by atoms with Gasteiger partial charge in [-0.3, -0.25) is 0 Å². The van der Waals surface area contributed by atoms with Crippen LogP contribution in [0.4, 0.5) is 0 Å². The van der Waals surface area contributed by atoms with Crippen molar-refractivity contribution in [3.05, 3.63) is 48.1 Å². The highest BCUT2D eigenvalue weighted by molar-refractivity contribution is 5.87. The molecule has 0 aliphatic carbocycles. The average Bonchev–Trinajstić information content (AvgIpc) is 2.80. The molecule has 3 nitrogen and oxygen atoms in total. The van der Waals surface area contributed by atoms with Gasteiger partial charge in [0.2, 0.25) is 0 Å². The second kappa shape index (κ2) is 6.23. The van der Waals surface area contributed by atoms with Crippen LogP contribution in [0.3, 0.4) is 0 Å². The van der Waals surface area contributed by atoms with Gasteiger partial charge in [-0.1, -0.05) is 18.2 Å². The zero-order valence-corrected chi connectivity index (χ0v) is 11.1. The lowest BCUT2D eigenvalue weighted by Gasteiger charge is -2.06. The van der Waals surface area contributed by atoms with Gasteiger partial charge in [0.15, 0.2) is 0 Å². The Labute approximate surface area is 113 Å². The highest BCUT2D eigenvalue weighted by atomic mass is 16.5. The van der Waals surface area contributed by atoms with E-state index >= 15 is 0 Å². The molecular weight excluding hydrogens is 240 g/mol. The van der Waals surface area contributed by atoms with Gasteiger partial charge < -0.3 is 9.47 Å². The molecule has 0 N–H and O–H groups in total. The fourth-order valence-electron chi connectivity index (χ4n) is 2.18. The first kappa shape index (κ1) is 13.4. The molecule has 0 aromatic heterocycles. The Bertz CT molecular complexity index is 503. The van der Waals surface area contributed by atoms with E-state index < -0.39 is 0 Å². The normalized spacial score (nSPS) is 17.0. The van der Waals surface area contributed by atoms with E-state index in [9.17, 15) is 4.79 Å². The maximum absolute atomic E-state index is 11.3. The first-order chi connectivity index (χ1) is 9.24. The number of esters is 1. The maximum atomic E-state index is 11.3. The predicted molar refractivity (Wildman–Crippen MR) is 75.0 cm³/mol. The van der Waals surface area contributed by atoms with Crippen LogP contribution >= 0.6 is 0 Å². The van der Waals surface area contributed by atoms with Gasteiger partial charge in [-0.05, 0) is 24.6 Å². The Kier molecular flexibility index (Phi) is 4.39. The molecule has 3 heteroatoms. The molecule has 0 unspecified atom stereocenters. The first-order valence-corrected chi connectivity index (χ1v) is 6.49. The molecule has 1 aromatic rings. The Balaban J connectivity index is 2.14. The molecule has 0 bridgehead atoms. The largest absolute Gasteiger partial charge is 0.489 e. The third-order valence-electron chi connectivity index (χ3n) is 3.01. The number of carbonyl (C=O) groups excluding carboxylic acids is 1. The lowest BCUT2D eigenvalue weighted by Crippen LogP contribution is -2.10. The van der Waals surface area contributed by atoms with Crippen molar-refractivity contribution >= 4 is 12.0 Å². The number of benzene rings is 1. The summed E-state index contributed by atoms with van der Waals surface area (Å²) in [5, 5.41) is 0. The van der Waals surface area contributed by atoms with Gasteiger partial charge in [0.05, 0.1) is 6.61 Å². The van der Waals surface area contributed by atoms with Crippen molar-refractivity contribution < 1.29 is 14.3 Å². The van der Waals surface area contributed by atoms with Crippen LogP contribution in [0.5, 0.6) is 5.75 Å². The van der Waals surface area contributed by atoms with E-state index in [2.05, 4.69) is 6.58 Å². The summed E-state index contributed by atoms with van der Waals surface area (Å²) >= 11 is 0. The van der Waals surface area contributed by atoms with Gasteiger partial charge in [0.1, 0.15) is 11.9 Å². The summed E-state index contributed by atoms with van der Waals surface area (Å²) in [6.07, 6.45) is 6.95. The molecule has 2 rings (SSSR count). The SMILES string of the molecule is C=CC[C@@H]1Cc2c(C=CC(=O)OCC)cccc2O1. The second-order valence-corrected chi connectivity index (χ2v) is 4.38. The monoisotopic (exact) mass is 258 g/mol. The molecule has 1 aliphatic rings. The Hall–Kier alpha value is -2.03. The zero-order chi connectivity index (χ0) is 13.7. The number of carbonyl (C=O) groups is 1. The summed E-state index contributed by atoms with van der Waals surface area (Å²) < 4.78 is 10.7. The summed E-state index contributed by atoms with van der Waals surface area (Å²) in [4.78, 5) is 11.3. The van der Waals surface area contributed by atoms with E-state index in [4.69, 9.17) is 9.47 Å². The minimum Gasteiger partial charge on any atom is -0.489 e. The highest BCUT2D eigenvalue weighted by Crippen LogP contribution is 2.33. The molecule has 1 aliphatic heterocycles. The quantitative estimate of drug-likeness (QED) is 0.462. The van der Waals surface area contributed by atoms with Crippen molar-refractivity contribution in [2.75, 3.05) is 6.61 Å². The van der Waals surface area contributed by atoms with E-state index in [1.54, 1.807) is 13.0 Å². The van der Waals surface area contributed by atoms with Crippen molar-refractivity contribution in [1.82, 2.24) is 0 Å². The summed E-state index contributed by atoms with van der Waals surface area (Å²) in [7, 11) is 0. The Morgan fingerprint density at radius 1 is 1.58 bits per heavy atom. The van der Waals surface area contributed by atoms with Crippen LogP contribution < -0.4 is 4.74 Å². The van der Waals surface area contributed by atoms with Gasteiger partial charge in [0.25, 0.3) is 0 Å². The fourth-order valence-corrected chi connectivity index (χ4v) is 2.18. The van der Waals surface area contributed by atoms with Crippen LogP contribution in [-0.2, 0) is 16.0 Å². The first-order valence-electron chi connectivity index (χ1n) is 6.49. The number of fused-ring (bicyclic) bond motifs is 1. The van der Waals surface area contributed by atoms with Crippen molar-refractivity contribution in [1.29, 1.82) is 0 Å². The van der Waals surface area contributed by atoms with Crippen LogP contribution in [0.1, 0.15) is 24.5 Å². The van der Waals surface area contributed by atoms with Gasteiger partial charge >= 0.3 is 5.97 Å². The van der Waals surface area contributed by atoms with E-state index in [1.165, 1.54) is 6.08 Å². The molecule has 0 saturated heterocycles. The Morgan fingerprint density at radius 3 is 3.16 bits per heavy atom. The third-order valence-corrected chi connectivity index (χ3v) is 3.01. The molecule has 0 fully saturated rings. The van der Waals surface area contributed by atoms with Gasteiger partial charge in [-0.25, -0.2) is 4.79 Å². The van der Waals surface area contributed by atoms with Crippen LogP contribution in [-0.4, -0.2) is 18.7 Å². The standard InChI is InChI=1S/C16H18O3/c1-3-6-13-11-14-12(7-5-8-15(14)19-13)9-10-16(17)18-4-2/h3,5,7-10,13H,1,4,6,11H2,2H3/t13-/m1/s1. The lowest BCUT2D eigenvalue weighted by atomic mass is 10.0. The van der Waals surface area contributed by atoms with Crippen molar-refractivity contribution in [3.63, 3.8) is 0 Å².